The first-order valence-electron chi connectivity index (χ1n) is 8.34. The van der Waals surface area contributed by atoms with Crippen LogP contribution < -0.4 is 4.74 Å². The number of carbonyl (C=O) groups excluding carboxylic acids is 1. The Kier molecular flexibility index (Phi) is 5.32. The monoisotopic (exact) mass is 350 g/mol. The summed E-state index contributed by atoms with van der Waals surface area (Å²) in [6.07, 6.45) is 0. The van der Waals surface area contributed by atoms with Gasteiger partial charge in [0.05, 0.1) is 19.3 Å². The summed E-state index contributed by atoms with van der Waals surface area (Å²) in [7, 11) is 1.60. The molecule has 3 aromatic rings. The highest BCUT2D eigenvalue weighted by Crippen LogP contribution is 2.33. The highest BCUT2D eigenvalue weighted by molar-refractivity contribution is 5.91. The van der Waals surface area contributed by atoms with Crippen molar-refractivity contribution in [1.29, 1.82) is 0 Å². The number of benzene rings is 3. The van der Waals surface area contributed by atoms with Gasteiger partial charge in [-0.25, -0.2) is 9.18 Å². The standard InChI is InChI=1S/C22H19FO3/c1-3-26-22(24)17-6-4-15(5-7-17)20-13-10-18(23)14-21(20)16-8-11-19(25-2)12-9-16/h4-14H,3H2,1-2H3. The van der Waals surface area contributed by atoms with E-state index in [9.17, 15) is 9.18 Å². The van der Waals surface area contributed by atoms with Crippen LogP contribution in [0, 0.1) is 5.82 Å². The van der Waals surface area contributed by atoms with Crippen molar-refractivity contribution in [1.82, 2.24) is 0 Å². The van der Waals surface area contributed by atoms with Gasteiger partial charge in [0.25, 0.3) is 0 Å². The quantitative estimate of drug-likeness (QED) is 0.582. The predicted molar refractivity (Wildman–Crippen MR) is 99.8 cm³/mol. The molecule has 0 atom stereocenters. The zero-order chi connectivity index (χ0) is 18.5. The molecule has 0 aromatic heterocycles. The van der Waals surface area contributed by atoms with Gasteiger partial charge < -0.3 is 9.47 Å². The van der Waals surface area contributed by atoms with Crippen LogP contribution in [0.15, 0.2) is 66.7 Å². The number of hydrogen-bond acceptors (Lipinski definition) is 3. The molecule has 0 bridgehead atoms. The summed E-state index contributed by atoms with van der Waals surface area (Å²) in [6, 6.07) is 19.3. The molecule has 0 amide bonds. The van der Waals surface area contributed by atoms with Gasteiger partial charge >= 0.3 is 5.97 Å². The summed E-state index contributed by atoms with van der Waals surface area (Å²) in [6.45, 7) is 2.10. The van der Waals surface area contributed by atoms with E-state index >= 15 is 0 Å². The molecule has 3 nitrogen and oxygen atoms in total. The summed E-state index contributed by atoms with van der Waals surface area (Å²) >= 11 is 0. The second-order valence-corrected chi connectivity index (χ2v) is 5.72. The fourth-order valence-electron chi connectivity index (χ4n) is 2.78. The lowest BCUT2D eigenvalue weighted by Crippen LogP contribution is -2.04. The average molecular weight is 350 g/mol. The largest absolute Gasteiger partial charge is 0.497 e. The van der Waals surface area contributed by atoms with Gasteiger partial charge in [-0.15, -0.1) is 0 Å². The van der Waals surface area contributed by atoms with Crippen LogP contribution in [0.3, 0.4) is 0 Å². The maximum absolute atomic E-state index is 13.9. The highest BCUT2D eigenvalue weighted by atomic mass is 19.1. The Morgan fingerprint density at radius 2 is 1.50 bits per heavy atom. The van der Waals surface area contributed by atoms with Crippen LogP contribution in [-0.2, 0) is 4.74 Å². The van der Waals surface area contributed by atoms with E-state index in [1.165, 1.54) is 12.1 Å². The minimum atomic E-state index is -0.353. The fourth-order valence-corrected chi connectivity index (χ4v) is 2.78. The van der Waals surface area contributed by atoms with E-state index in [2.05, 4.69) is 0 Å². The van der Waals surface area contributed by atoms with Crippen molar-refractivity contribution < 1.29 is 18.7 Å². The number of hydrogen-bond donors (Lipinski definition) is 0. The fraction of sp³-hybridized carbons (Fsp3) is 0.136. The second-order valence-electron chi connectivity index (χ2n) is 5.72. The minimum Gasteiger partial charge on any atom is -0.497 e. The van der Waals surface area contributed by atoms with Gasteiger partial charge in [0, 0.05) is 0 Å². The smallest absolute Gasteiger partial charge is 0.338 e. The molecule has 0 radical (unpaired) electrons. The van der Waals surface area contributed by atoms with Gasteiger partial charge in [-0.2, -0.15) is 0 Å². The van der Waals surface area contributed by atoms with Crippen LogP contribution in [0.2, 0.25) is 0 Å². The van der Waals surface area contributed by atoms with Crippen molar-refractivity contribution >= 4 is 5.97 Å². The average Bonchev–Trinajstić information content (AvgIpc) is 2.68. The van der Waals surface area contributed by atoms with Crippen LogP contribution >= 0.6 is 0 Å². The topological polar surface area (TPSA) is 35.5 Å². The number of halogens is 1. The van der Waals surface area contributed by atoms with Gasteiger partial charge in [0.15, 0.2) is 0 Å². The molecular weight excluding hydrogens is 331 g/mol. The van der Waals surface area contributed by atoms with Crippen LogP contribution in [0.4, 0.5) is 4.39 Å². The Bertz CT molecular complexity index is 900. The molecule has 4 heteroatoms. The van der Waals surface area contributed by atoms with E-state index in [1.807, 2.05) is 36.4 Å². The van der Waals surface area contributed by atoms with Crippen molar-refractivity contribution in [3.63, 3.8) is 0 Å². The molecule has 0 unspecified atom stereocenters. The predicted octanol–water partition coefficient (Wildman–Crippen LogP) is 5.35. The van der Waals surface area contributed by atoms with Crippen molar-refractivity contribution in [3.05, 3.63) is 78.1 Å². The Labute approximate surface area is 152 Å². The Morgan fingerprint density at radius 3 is 2.12 bits per heavy atom. The molecule has 0 N–H and O–H groups in total. The molecule has 3 rings (SSSR count). The summed E-state index contributed by atoms with van der Waals surface area (Å²) in [5.41, 5.74) is 3.92. The Hall–Kier alpha value is -3.14. The summed E-state index contributed by atoms with van der Waals surface area (Å²) in [4.78, 5) is 11.8. The summed E-state index contributed by atoms with van der Waals surface area (Å²) in [5, 5.41) is 0. The first kappa shape index (κ1) is 17.7. The lowest BCUT2D eigenvalue weighted by molar-refractivity contribution is 0.0526. The van der Waals surface area contributed by atoms with Crippen molar-refractivity contribution in [2.75, 3.05) is 13.7 Å². The van der Waals surface area contributed by atoms with Gasteiger partial charge in [-0.05, 0) is 65.6 Å². The zero-order valence-electron chi connectivity index (χ0n) is 14.7. The van der Waals surface area contributed by atoms with E-state index < -0.39 is 0 Å². The zero-order valence-corrected chi connectivity index (χ0v) is 14.7. The maximum Gasteiger partial charge on any atom is 0.338 e. The molecule has 0 aliphatic heterocycles. The molecule has 0 spiro atoms. The SMILES string of the molecule is CCOC(=O)c1ccc(-c2ccc(F)cc2-c2ccc(OC)cc2)cc1. The van der Waals surface area contributed by atoms with E-state index in [-0.39, 0.29) is 11.8 Å². The molecule has 0 saturated carbocycles. The number of esters is 1. The van der Waals surface area contributed by atoms with Gasteiger partial charge in [-0.3, -0.25) is 0 Å². The van der Waals surface area contributed by atoms with Gasteiger partial charge in [0.1, 0.15) is 11.6 Å². The van der Waals surface area contributed by atoms with E-state index in [0.717, 1.165) is 28.0 Å². The van der Waals surface area contributed by atoms with Crippen molar-refractivity contribution in [3.8, 4) is 28.0 Å². The third-order valence-electron chi connectivity index (χ3n) is 4.09. The van der Waals surface area contributed by atoms with Crippen LogP contribution in [0.25, 0.3) is 22.3 Å². The van der Waals surface area contributed by atoms with E-state index in [1.54, 1.807) is 32.2 Å². The lowest BCUT2D eigenvalue weighted by atomic mass is 9.94. The van der Waals surface area contributed by atoms with E-state index in [4.69, 9.17) is 9.47 Å². The summed E-state index contributed by atoms with van der Waals surface area (Å²) < 4.78 is 24.0. The van der Waals surface area contributed by atoms with Crippen molar-refractivity contribution in [2.45, 2.75) is 6.92 Å². The molecule has 0 aliphatic carbocycles. The Balaban J connectivity index is 2.01. The van der Waals surface area contributed by atoms with Gasteiger partial charge in [0.2, 0.25) is 0 Å². The third kappa shape index (κ3) is 3.75. The van der Waals surface area contributed by atoms with Crippen molar-refractivity contribution in [2.24, 2.45) is 0 Å². The van der Waals surface area contributed by atoms with Gasteiger partial charge in [-0.1, -0.05) is 30.3 Å². The Morgan fingerprint density at radius 1 is 0.885 bits per heavy atom. The normalized spacial score (nSPS) is 10.4. The van der Waals surface area contributed by atoms with E-state index in [0.29, 0.717) is 12.2 Å². The first-order valence-corrected chi connectivity index (χ1v) is 8.34. The number of methoxy groups -OCH3 is 1. The number of carbonyl (C=O) groups is 1. The molecule has 0 fully saturated rings. The lowest BCUT2D eigenvalue weighted by Gasteiger charge is -2.12. The molecule has 26 heavy (non-hydrogen) atoms. The molecule has 3 aromatic carbocycles. The number of ether oxygens (including phenoxy) is 2. The highest BCUT2D eigenvalue weighted by Gasteiger charge is 2.11. The molecule has 0 aliphatic rings. The van der Waals surface area contributed by atoms with Crippen LogP contribution in [-0.4, -0.2) is 19.7 Å². The molecule has 132 valence electrons. The molecular formula is C22H19FO3. The van der Waals surface area contributed by atoms with Crippen LogP contribution in [0.5, 0.6) is 5.75 Å². The second kappa shape index (κ2) is 7.83. The third-order valence-corrected chi connectivity index (χ3v) is 4.09. The van der Waals surface area contributed by atoms with Crippen LogP contribution in [0.1, 0.15) is 17.3 Å². The minimum absolute atomic E-state index is 0.303. The maximum atomic E-state index is 13.9. The summed E-state index contributed by atoms with van der Waals surface area (Å²) in [5.74, 6) is 0.0849. The molecule has 0 heterocycles. The molecule has 0 saturated heterocycles. The number of rotatable bonds is 5. The first-order chi connectivity index (χ1) is 12.6.